The van der Waals surface area contributed by atoms with Crippen LogP contribution in [0.5, 0.6) is 0 Å². The minimum Gasteiger partial charge on any atom is -0.378 e. The number of ether oxygens (including phenoxy) is 1. The van der Waals surface area contributed by atoms with Crippen molar-refractivity contribution in [3.05, 3.63) is 47.0 Å². The van der Waals surface area contributed by atoms with Crippen LogP contribution in [0.25, 0.3) is 0 Å². The molecule has 1 aliphatic rings. The molecule has 1 saturated heterocycles. The summed E-state index contributed by atoms with van der Waals surface area (Å²) in [6, 6.07) is 9.02. The number of hydrazine groups is 1. The average molecular weight is 361 g/mol. The van der Waals surface area contributed by atoms with E-state index in [1.165, 1.54) is 11.3 Å². The van der Waals surface area contributed by atoms with Gasteiger partial charge in [-0.25, -0.2) is 15.2 Å². The van der Waals surface area contributed by atoms with Crippen LogP contribution in [0.2, 0.25) is 0 Å². The Bertz CT molecular complexity index is 716. The van der Waals surface area contributed by atoms with Gasteiger partial charge in [-0.1, -0.05) is 30.3 Å². The van der Waals surface area contributed by atoms with Gasteiger partial charge in [0.2, 0.25) is 0 Å². The van der Waals surface area contributed by atoms with Gasteiger partial charge in [0.25, 0.3) is 5.91 Å². The summed E-state index contributed by atoms with van der Waals surface area (Å²) in [5.74, 6) is -0.453. The van der Waals surface area contributed by atoms with Crippen LogP contribution < -0.4 is 21.1 Å². The van der Waals surface area contributed by atoms with Gasteiger partial charge in [0.1, 0.15) is 5.69 Å². The van der Waals surface area contributed by atoms with Crippen molar-refractivity contribution >= 4 is 28.4 Å². The molecular weight excluding hydrogens is 342 g/mol. The summed E-state index contributed by atoms with van der Waals surface area (Å²) in [5.41, 5.74) is 5.92. The number of nitrogens with zero attached hydrogens (tertiary/aromatic N) is 2. The quantitative estimate of drug-likeness (QED) is 0.710. The van der Waals surface area contributed by atoms with Gasteiger partial charge in [-0.3, -0.25) is 10.2 Å². The fraction of sp³-hybridized carbons (Fsp3) is 0.312. The number of urea groups is 1. The topological polar surface area (TPSA) is 95.6 Å². The van der Waals surface area contributed by atoms with E-state index in [1.807, 2.05) is 30.3 Å². The largest absolute Gasteiger partial charge is 0.378 e. The molecule has 2 aromatic rings. The molecule has 0 aliphatic carbocycles. The molecule has 1 aliphatic heterocycles. The molecule has 0 bridgehead atoms. The highest BCUT2D eigenvalue weighted by Gasteiger charge is 2.17. The Morgan fingerprint density at radius 3 is 2.68 bits per heavy atom. The number of carbonyl (C=O) groups excluding carboxylic acids is 2. The maximum absolute atomic E-state index is 12.1. The van der Waals surface area contributed by atoms with Gasteiger partial charge in [0.05, 0.1) is 13.2 Å². The first-order chi connectivity index (χ1) is 12.2. The molecule has 3 N–H and O–H groups in total. The second kappa shape index (κ2) is 8.45. The number of anilines is 1. The lowest BCUT2D eigenvalue weighted by atomic mass is 10.2. The van der Waals surface area contributed by atoms with Gasteiger partial charge in [0, 0.05) is 25.0 Å². The highest BCUT2D eigenvalue weighted by atomic mass is 32.1. The molecule has 0 atom stereocenters. The van der Waals surface area contributed by atoms with E-state index in [0.717, 1.165) is 23.8 Å². The maximum atomic E-state index is 12.1. The van der Waals surface area contributed by atoms with Crippen molar-refractivity contribution in [2.75, 3.05) is 31.2 Å². The molecule has 1 aromatic carbocycles. The number of amides is 3. The number of aromatic nitrogens is 1. The summed E-state index contributed by atoms with van der Waals surface area (Å²) in [4.78, 5) is 30.2. The lowest BCUT2D eigenvalue weighted by Gasteiger charge is -2.25. The van der Waals surface area contributed by atoms with Crippen molar-refractivity contribution in [1.82, 2.24) is 21.2 Å². The summed E-state index contributed by atoms with van der Waals surface area (Å²) in [6.07, 6.45) is 0. The molecule has 0 radical (unpaired) electrons. The number of hydrogen-bond donors (Lipinski definition) is 3. The summed E-state index contributed by atoms with van der Waals surface area (Å²) in [6.45, 7) is 3.21. The molecule has 25 heavy (non-hydrogen) atoms. The third kappa shape index (κ3) is 4.91. The Hall–Kier alpha value is -2.65. The fourth-order valence-electron chi connectivity index (χ4n) is 2.27. The zero-order valence-electron chi connectivity index (χ0n) is 13.5. The monoisotopic (exact) mass is 361 g/mol. The van der Waals surface area contributed by atoms with Crippen LogP contribution in [0, 0.1) is 0 Å². The molecule has 0 unspecified atom stereocenters. The van der Waals surface area contributed by atoms with Crippen LogP contribution in [0.4, 0.5) is 9.93 Å². The van der Waals surface area contributed by atoms with Gasteiger partial charge < -0.3 is 15.0 Å². The van der Waals surface area contributed by atoms with Crippen molar-refractivity contribution in [1.29, 1.82) is 0 Å². The molecule has 3 rings (SSSR count). The molecule has 0 spiro atoms. The fourth-order valence-corrected chi connectivity index (χ4v) is 3.13. The predicted octanol–water partition coefficient (Wildman–Crippen LogP) is 1.12. The van der Waals surface area contributed by atoms with Crippen molar-refractivity contribution in [3.63, 3.8) is 0 Å². The molecule has 2 heterocycles. The Morgan fingerprint density at radius 1 is 1.16 bits per heavy atom. The lowest BCUT2D eigenvalue weighted by Crippen LogP contribution is -2.46. The minimum absolute atomic E-state index is 0.273. The normalized spacial score (nSPS) is 14.0. The van der Waals surface area contributed by atoms with Crippen LogP contribution in [0.15, 0.2) is 35.7 Å². The van der Waals surface area contributed by atoms with Crippen LogP contribution in [0.3, 0.4) is 0 Å². The first-order valence-electron chi connectivity index (χ1n) is 7.89. The van der Waals surface area contributed by atoms with Gasteiger partial charge in [0.15, 0.2) is 5.13 Å². The van der Waals surface area contributed by atoms with Crippen LogP contribution in [-0.2, 0) is 11.3 Å². The van der Waals surface area contributed by atoms with Crippen LogP contribution in [-0.4, -0.2) is 43.2 Å². The number of hydrogen-bond acceptors (Lipinski definition) is 6. The molecule has 132 valence electrons. The SMILES string of the molecule is O=C(NCc1ccccc1)NNC(=O)c1csc(N2CCOCC2)n1. The van der Waals surface area contributed by atoms with Gasteiger partial charge in [-0.15, -0.1) is 11.3 Å². The zero-order chi connectivity index (χ0) is 17.5. The second-order valence-electron chi connectivity index (χ2n) is 5.36. The predicted molar refractivity (Wildman–Crippen MR) is 94.4 cm³/mol. The Balaban J connectivity index is 1.44. The lowest BCUT2D eigenvalue weighted by molar-refractivity contribution is 0.0932. The number of benzene rings is 1. The highest BCUT2D eigenvalue weighted by molar-refractivity contribution is 7.13. The number of nitrogens with one attached hydrogen (secondary N) is 3. The Morgan fingerprint density at radius 2 is 1.92 bits per heavy atom. The molecular formula is C16H19N5O3S. The average Bonchev–Trinajstić information content (AvgIpc) is 3.16. The van der Waals surface area contributed by atoms with E-state index in [1.54, 1.807) is 5.38 Å². The molecule has 1 fully saturated rings. The van der Waals surface area contributed by atoms with Crippen molar-refractivity contribution in [3.8, 4) is 0 Å². The molecule has 8 nitrogen and oxygen atoms in total. The third-order valence-electron chi connectivity index (χ3n) is 3.59. The zero-order valence-corrected chi connectivity index (χ0v) is 14.3. The summed E-state index contributed by atoms with van der Waals surface area (Å²) >= 11 is 1.40. The number of thiazole rings is 1. The molecule has 1 aromatic heterocycles. The van der Waals surface area contributed by atoms with E-state index < -0.39 is 11.9 Å². The summed E-state index contributed by atoms with van der Waals surface area (Å²) in [7, 11) is 0. The third-order valence-corrected chi connectivity index (χ3v) is 4.49. The second-order valence-corrected chi connectivity index (χ2v) is 6.20. The molecule has 0 saturated carbocycles. The minimum atomic E-state index is -0.485. The Labute approximate surface area is 149 Å². The first-order valence-corrected chi connectivity index (χ1v) is 8.76. The number of rotatable bonds is 4. The Kier molecular flexibility index (Phi) is 5.81. The highest BCUT2D eigenvalue weighted by Crippen LogP contribution is 2.21. The maximum Gasteiger partial charge on any atom is 0.333 e. The molecule has 9 heteroatoms. The van der Waals surface area contributed by atoms with Crippen LogP contribution in [0.1, 0.15) is 16.1 Å². The smallest absolute Gasteiger partial charge is 0.333 e. The van der Waals surface area contributed by atoms with E-state index in [2.05, 4.69) is 26.1 Å². The van der Waals surface area contributed by atoms with E-state index in [9.17, 15) is 9.59 Å². The summed E-state index contributed by atoms with van der Waals surface area (Å²) in [5, 5.41) is 5.11. The van der Waals surface area contributed by atoms with Crippen molar-refractivity contribution in [2.45, 2.75) is 6.54 Å². The number of carbonyl (C=O) groups is 2. The summed E-state index contributed by atoms with van der Waals surface area (Å²) < 4.78 is 5.30. The van der Waals surface area contributed by atoms with Crippen molar-refractivity contribution in [2.24, 2.45) is 0 Å². The van der Waals surface area contributed by atoms with Gasteiger partial charge >= 0.3 is 6.03 Å². The van der Waals surface area contributed by atoms with Gasteiger partial charge in [-0.2, -0.15) is 0 Å². The standard InChI is InChI=1S/C16H19N5O3S/c22-14(13-11-25-16(18-13)21-6-8-24-9-7-21)19-20-15(23)17-10-12-4-2-1-3-5-12/h1-5,11H,6-10H2,(H,19,22)(H2,17,20,23). The van der Waals surface area contributed by atoms with E-state index in [-0.39, 0.29) is 5.69 Å². The van der Waals surface area contributed by atoms with Crippen molar-refractivity contribution < 1.29 is 14.3 Å². The van der Waals surface area contributed by atoms with E-state index >= 15 is 0 Å². The van der Waals surface area contributed by atoms with E-state index in [0.29, 0.717) is 19.8 Å². The van der Waals surface area contributed by atoms with Gasteiger partial charge in [-0.05, 0) is 5.56 Å². The number of morpholine rings is 1. The first kappa shape index (κ1) is 17.2. The van der Waals surface area contributed by atoms with E-state index in [4.69, 9.17) is 4.74 Å². The van der Waals surface area contributed by atoms with Crippen LogP contribution >= 0.6 is 11.3 Å². The molecule has 3 amide bonds.